The fraction of sp³-hybridized carbons (Fsp3) is 0.154. The largest absolute Gasteiger partial charge is 0.293 e. The Bertz CT molecular complexity index is 396. The van der Waals surface area contributed by atoms with Crippen molar-refractivity contribution < 1.29 is 4.79 Å². The van der Waals surface area contributed by atoms with Crippen molar-refractivity contribution >= 4 is 5.78 Å². The number of hydrogen-bond acceptors (Lipinski definition) is 1. The van der Waals surface area contributed by atoms with Crippen LogP contribution in [0, 0.1) is 13.0 Å². The number of Topliss-reactive ketones (excluding diaryl/α,β-unsaturated/α-hetero) is 1. The third-order valence-electron chi connectivity index (χ3n) is 2.34. The minimum atomic E-state index is -0.138. The summed E-state index contributed by atoms with van der Waals surface area (Å²) in [5.41, 5.74) is 2.25. The van der Waals surface area contributed by atoms with Crippen LogP contribution < -0.4 is 0 Å². The van der Waals surface area contributed by atoms with Gasteiger partial charge in [0, 0.05) is 6.08 Å². The summed E-state index contributed by atoms with van der Waals surface area (Å²) in [6.07, 6.45) is 8.13. The average Bonchev–Trinajstić information content (AvgIpc) is 2.20. The Hall–Kier alpha value is -1.63. The van der Waals surface area contributed by atoms with Crippen LogP contribution in [0.3, 0.4) is 0 Å². The number of rotatable bonds is 1. The molecule has 0 heterocycles. The molecule has 1 radical (unpaired) electrons. The van der Waals surface area contributed by atoms with E-state index in [-0.39, 0.29) is 11.7 Å². The number of carbonyl (C=O) groups excluding carboxylic acids is 1. The molecule has 0 aliphatic heterocycles. The predicted molar refractivity (Wildman–Crippen MR) is 55.9 cm³/mol. The molecule has 1 aromatic rings. The first kappa shape index (κ1) is 8.95. The Morgan fingerprint density at radius 1 is 1.21 bits per heavy atom. The van der Waals surface area contributed by atoms with Crippen LogP contribution in [0.15, 0.2) is 42.5 Å². The molecule has 1 unspecified atom stereocenters. The second-order valence-electron chi connectivity index (χ2n) is 3.45. The van der Waals surface area contributed by atoms with Crippen molar-refractivity contribution in [3.05, 3.63) is 59.7 Å². The Labute approximate surface area is 83.8 Å². The van der Waals surface area contributed by atoms with E-state index < -0.39 is 0 Å². The zero-order chi connectivity index (χ0) is 9.97. The van der Waals surface area contributed by atoms with Crippen LogP contribution in [0.1, 0.15) is 17.0 Å². The van der Waals surface area contributed by atoms with Gasteiger partial charge in [0.1, 0.15) is 0 Å². The quantitative estimate of drug-likeness (QED) is 0.654. The van der Waals surface area contributed by atoms with Crippen LogP contribution in [0.4, 0.5) is 0 Å². The molecular formula is C13H11O. The van der Waals surface area contributed by atoms with Crippen LogP contribution in [0.25, 0.3) is 0 Å². The molecule has 0 amide bonds. The molecule has 0 fully saturated rings. The lowest BCUT2D eigenvalue weighted by Gasteiger charge is -2.11. The van der Waals surface area contributed by atoms with E-state index in [1.807, 2.05) is 43.3 Å². The summed E-state index contributed by atoms with van der Waals surface area (Å²) in [6.45, 7) is 2.04. The maximum absolute atomic E-state index is 11.5. The van der Waals surface area contributed by atoms with Gasteiger partial charge in [0.2, 0.25) is 0 Å². The van der Waals surface area contributed by atoms with Crippen LogP contribution in [-0.4, -0.2) is 5.78 Å². The second-order valence-corrected chi connectivity index (χ2v) is 3.45. The SMILES string of the molecule is Cc1ccc(C2C=CC=[C]C2=O)cc1. The Morgan fingerprint density at radius 3 is 2.57 bits per heavy atom. The highest BCUT2D eigenvalue weighted by Crippen LogP contribution is 2.21. The van der Waals surface area contributed by atoms with E-state index >= 15 is 0 Å². The molecule has 1 atom stereocenters. The summed E-state index contributed by atoms with van der Waals surface area (Å²) >= 11 is 0. The molecule has 0 N–H and O–H groups in total. The van der Waals surface area contributed by atoms with E-state index in [0.717, 1.165) is 5.56 Å². The fourth-order valence-electron chi connectivity index (χ4n) is 1.51. The molecule has 0 bridgehead atoms. The fourth-order valence-corrected chi connectivity index (χ4v) is 1.51. The standard InChI is InChI=1S/C13H11O/c1-10-6-8-11(9-7-10)12-4-2-3-5-13(12)14/h2-4,6-9,12H,1H3. The number of carbonyl (C=O) groups is 1. The number of hydrogen-bond donors (Lipinski definition) is 0. The van der Waals surface area contributed by atoms with Crippen LogP contribution in [0.2, 0.25) is 0 Å². The van der Waals surface area contributed by atoms with Gasteiger partial charge in [-0.05, 0) is 12.5 Å². The van der Waals surface area contributed by atoms with Crippen molar-refractivity contribution in [2.45, 2.75) is 12.8 Å². The first-order valence-corrected chi connectivity index (χ1v) is 4.64. The highest BCUT2D eigenvalue weighted by Gasteiger charge is 2.16. The van der Waals surface area contributed by atoms with Crippen molar-refractivity contribution in [1.29, 1.82) is 0 Å². The summed E-state index contributed by atoms with van der Waals surface area (Å²) < 4.78 is 0. The van der Waals surface area contributed by atoms with Gasteiger partial charge in [-0.2, -0.15) is 0 Å². The minimum absolute atomic E-state index is 0.0383. The highest BCUT2D eigenvalue weighted by molar-refractivity contribution is 5.94. The average molecular weight is 183 g/mol. The molecule has 1 aromatic carbocycles. The Balaban J connectivity index is 2.31. The third kappa shape index (κ3) is 1.67. The molecule has 0 saturated carbocycles. The molecule has 0 saturated heterocycles. The molecule has 0 spiro atoms. The van der Waals surface area contributed by atoms with Crippen LogP contribution in [-0.2, 0) is 4.79 Å². The lowest BCUT2D eigenvalue weighted by atomic mass is 9.91. The first-order chi connectivity index (χ1) is 6.77. The van der Waals surface area contributed by atoms with Crippen molar-refractivity contribution in [1.82, 2.24) is 0 Å². The van der Waals surface area contributed by atoms with Gasteiger partial charge in [0.25, 0.3) is 0 Å². The summed E-state index contributed by atoms with van der Waals surface area (Å²) in [5.74, 6) is -0.100. The smallest absolute Gasteiger partial charge is 0.174 e. The van der Waals surface area contributed by atoms with Gasteiger partial charge in [-0.3, -0.25) is 4.79 Å². The maximum Gasteiger partial charge on any atom is 0.174 e. The van der Waals surface area contributed by atoms with Gasteiger partial charge in [0.15, 0.2) is 5.78 Å². The van der Waals surface area contributed by atoms with Gasteiger partial charge < -0.3 is 0 Å². The summed E-state index contributed by atoms with van der Waals surface area (Å²) in [5, 5.41) is 0. The van der Waals surface area contributed by atoms with Gasteiger partial charge in [0.05, 0.1) is 5.92 Å². The topological polar surface area (TPSA) is 17.1 Å². The first-order valence-electron chi connectivity index (χ1n) is 4.64. The van der Waals surface area contributed by atoms with Crippen molar-refractivity contribution in [3.8, 4) is 0 Å². The van der Waals surface area contributed by atoms with E-state index in [9.17, 15) is 4.79 Å². The molecule has 1 aliphatic rings. The van der Waals surface area contributed by atoms with Gasteiger partial charge in [-0.25, -0.2) is 0 Å². The lowest BCUT2D eigenvalue weighted by Crippen LogP contribution is -2.09. The van der Waals surface area contributed by atoms with Gasteiger partial charge in [-0.15, -0.1) is 0 Å². The summed E-state index contributed by atoms with van der Waals surface area (Å²) in [4.78, 5) is 11.5. The van der Waals surface area contributed by atoms with E-state index in [1.165, 1.54) is 5.56 Å². The van der Waals surface area contributed by atoms with Crippen LogP contribution in [0.5, 0.6) is 0 Å². The lowest BCUT2D eigenvalue weighted by molar-refractivity contribution is -0.115. The summed E-state index contributed by atoms with van der Waals surface area (Å²) in [7, 11) is 0. The third-order valence-corrected chi connectivity index (χ3v) is 2.34. The van der Waals surface area contributed by atoms with Gasteiger partial charge in [-0.1, -0.05) is 48.1 Å². The molecule has 2 rings (SSSR count). The normalized spacial score (nSPS) is 20.1. The monoisotopic (exact) mass is 183 g/mol. The maximum atomic E-state index is 11.5. The van der Waals surface area contributed by atoms with E-state index in [4.69, 9.17) is 0 Å². The molecular weight excluding hydrogens is 172 g/mol. The van der Waals surface area contributed by atoms with Crippen molar-refractivity contribution in [3.63, 3.8) is 0 Å². The molecule has 14 heavy (non-hydrogen) atoms. The van der Waals surface area contributed by atoms with Crippen molar-refractivity contribution in [2.24, 2.45) is 0 Å². The van der Waals surface area contributed by atoms with Crippen molar-refractivity contribution in [2.75, 3.05) is 0 Å². The molecule has 0 aromatic heterocycles. The van der Waals surface area contributed by atoms with Gasteiger partial charge >= 0.3 is 0 Å². The van der Waals surface area contributed by atoms with E-state index in [2.05, 4.69) is 6.08 Å². The van der Waals surface area contributed by atoms with Crippen LogP contribution >= 0.6 is 0 Å². The predicted octanol–water partition coefficient (Wildman–Crippen LogP) is 2.58. The molecule has 69 valence electrons. The van der Waals surface area contributed by atoms with E-state index in [0.29, 0.717) is 0 Å². The minimum Gasteiger partial charge on any atom is -0.293 e. The Morgan fingerprint density at radius 2 is 1.93 bits per heavy atom. The molecule has 1 heteroatoms. The number of benzene rings is 1. The molecule has 1 aliphatic carbocycles. The number of allylic oxidation sites excluding steroid dienone is 4. The zero-order valence-corrected chi connectivity index (χ0v) is 8.03. The number of aryl methyl sites for hydroxylation is 1. The highest BCUT2D eigenvalue weighted by atomic mass is 16.1. The second kappa shape index (κ2) is 3.62. The molecule has 1 nitrogen and oxygen atoms in total. The summed E-state index contributed by atoms with van der Waals surface area (Å²) in [6, 6.07) is 8.04. The zero-order valence-electron chi connectivity index (χ0n) is 8.03. The Kier molecular flexibility index (Phi) is 2.32. The number of ketones is 1. The van der Waals surface area contributed by atoms with E-state index in [1.54, 1.807) is 6.08 Å².